The Bertz CT molecular complexity index is 199. The van der Waals surface area contributed by atoms with Gasteiger partial charge in [-0.1, -0.05) is 6.92 Å². The molecular formula is C9H16O3S. The SMILES string of the molecule is CCC12CCOC(C(O)O1)C2SC. The van der Waals surface area contributed by atoms with E-state index in [1.807, 2.05) is 0 Å². The van der Waals surface area contributed by atoms with Crippen LogP contribution >= 0.6 is 11.8 Å². The molecule has 0 aromatic heterocycles. The Kier molecular flexibility index (Phi) is 2.57. The first-order valence-corrected chi connectivity index (χ1v) is 6.02. The molecule has 2 bridgehead atoms. The van der Waals surface area contributed by atoms with Gasteiger partial charge in [0.1, 0.15) is 6.10 Å². The van der Waals surface area contributed by atoms with Crippen molar-refractivity contribution in [3.05, 3.63) is 0 Å². The molecule has 1 N–H and O–H groups in total. The topological polar surface area (TPSA) is 38.7 Å². The zero-order chi connectivity index (χ0) is 9.47. The standard InChI is InChI=1S/C9H16O3S/c1-3-9-4-5-11-6(7(9)13-2)8(10)12-9/h6-8,10H,3-5H2,1-2H3. The number of thioether (sulfide) groups is 1. The van der Waals surface area contributed by atoms with E-state index in [4.69, 9.17) is 9.47 Å². The normalized spacial score (nSPS) is 49.6. The van der Waals surface area contributed by atoms with Crippen LogP contribution in [-0.4, -0.2) is 41.2 Å². The lowest BCUT2D eigenvalue weighted by Crippen LogP contribution is -2.46. The molecule has 4 atom stereocenters. The molecule has 0 spiro atoms. The van der Waals surface area contributed by atoms with Crippen molar-refractivity contribution in [2.75, 3.05) is 12.9 Å². The molecule has 2 aliphatic heterocycles. The van der Waals surface area contributed by atoms with Gasteiger partial charge in [0.25, 0.3) is 0 Å². The molecule has 0 saturated carbocycles. The minimum atomic E-state index is -0.722. The number of fused-ring (bicyclic) bond motifs is 2. The van der Waals surface area contributed by atoms with Crippen molar-refractivity contribution >= 4 is 11.8 Å². The van der Waals surface area contributed by atoms with Crippen molar-refractivity contribution in [2.45, 2.75) is 43.0 Å². The van der Waals surface area contributed by atoms with Crippen LogP contribution in [0.15, 0.2) is 0 Å². The van der Waals surface area contributed by atoms with Gasteiger partial charge >= 0.3 is 0 Å². The van der Waals surface area contributed by atoms with Gasteiger partial charge in [0, 0.05) is 6.42 Å². The van der Waals surface area contributed by atoms with Crippen molar-refractivity contribution in [1.82, 2.24) is 0 Å². The van der Waals surface area contributed by atoms with Gasteiger partial charge in [0.15, 0.2) is 6.29 Å². The van der Waals surface area contributed by atoms with E-state index < -0.39 is 6.29 Å². The van der Waals surface area contributed by atoms with Crippen molar-refractivity contribution in [2.24, 2.45) is 0 Å². The third-order valence-corrected chi connectivity index (χ3v) is 4.35. The van der Waals surface area contributed by atoms with E-state index in [0.717, 1.165) is 12.8 Å². The Morgan fingerprint density at radius 2 is 2.38 bits per heavy atom. The van der Waals surface area contributed by atoms with E-state index in [0.29, 0.717) is 11.9 Å². The van der Waals surface area contributed by atoms with Gasteiger partial charge in [0.05, 0.1) is 17.5 Å². The Hall–Kier alpha value is 0.230. The molecule has 2 saturated heterocycles. The van der Waals surface area contributed by atoms with Crippen molar-refractivity contribution in [1.29, 1.82) is 0 Å². The molecule has 0 amide bonds. The Morgan fingerprint density at radius 1 is 1.62 bits per heavy atom. The number of aliphatic hydroxyl groups excluding tert-OH is 1. The van der Waals surface area contributed by atoms with Crippen LogP contribution in [0.2, 0.25) is 0 Å². The van der Waals surface area contributed by atoms with Gasteiger partial charge in [-0.05, 0) is 12.7 Å². The second-order valence-corrected chi connectivity index (χ2v) is 4.65. The third kappa shape index (κ3) is 1.31. The number of aliphatic hydroxyl groups is 1. The molecule has 4 heteroatoms. The van der Waals surface area contributed by atoms with E-state index >= 15 is 0 Å². The van der Waals surface area contributed by atoms with E-state index in [9.17, 15) is 5.11 Å². The third-order valence-electron chi connectivity index (χ3n) is 3.14. The highest BCUT2D eigenvalue weighted by molar-refractivity contribution is 7.99. The maximum absolute atomic E-state index is 9.64. The van der Waals surface area contributed by atoms with E-state index in [-0.39, 0.29) is 11.7 Å². The molecule has 13 heavy (non-hydrogen) atoms. The van der Waals surface area contributed by atoms with Crippen LogP contribution in [0.4, 0.5) is 0 Å². The molecule has 3 nitrogen and oxygen atoms in total. The lowest BCUT2D eigenvalue weighted by molar-refractivity contribution is -0.146. The minimum Gasteiger partial charge on any atom is -0.372 e. The van der Waals surface area contributed by atoms with Gasteiger partial charge in [-0.25, -0.2) is 0 Å². The largest absolute Gasteiger partial charge is 0.372 e. The monoisotopic (exact) mass is 204 g/mol. The summed E-state index contributed by atoms with van der Waals surface area (Å²) in [7, 11) is 0. The molecule has 2 rings (SSSR count). The second kappa shape index (κ2) is 3.42. The first-order chi connectivity index (χ1) is 6.23. The van der Waals surface area contributed by atoms with Crippen LogP contribution in [0, 0.1) is 0 Å². The zero-order valence-corrected chi connectivity index (χ0v) is 8.84. The van der Waals surface area contributed by atoms with E-state index in [2.05, 4.69) is 13.2 Å². The van der Waals surface area contributed by atoms with E-state index in [1.165, 1.54) is 0 Å². The highest BCUT2D eigenvalue weighted by Gasteiger charge is 2.56. The maximum Gasteiger partial charge on any atom is 0.183 e. The van der Waals surface area contributed by atoms with Crippen LogP contribution in [0.3, 0.4) is 0 Å². The van der Waals surface area contributed by atoms with Crippen molar-refractivity contribution < 1.29 is 14.6 Å². The Labute approximate surface area is 82.8 Å². The first-order valence-electron chi connectivity index (χ1n) is 4.74. The summed E-state index contributed by atoms with van der Waals surface area (Å²) in [5.41, 5.74) is -0.137. The predicted molar refractivity (Wildman–Crippen MR) is 51.8 cm³/mol. The summed E-state index contributed by atoms with van der Waals surface area (Å²) >= 11 is 1.74. The van der Waals surface area contributed by atoms with Gasteiger partial charge in [0.2, 0.25) is 0 Å². The molecule has 0 aromatic carbocycles. The lowest BCUT2D eigenvalue weighted by atomic mass is 9.90. The van der Waals surface area contributed by atoms with Crippen LogP contribution < -0.4 is 0 Å². The molecular weight excluding hydrogens is 188 g/mol. The van der Waals surface area contributed by atoms with Crippen LogP contribution in [0.25, 0.3) is 0 Å². The fourth-order valence-corrected chi connectivity index (χ4v) is 3.62. The molecule has 2 aliphatic rings. The molecule has 76 valence electrons. The summed E-state index contributed by atoms with van der Waals surface area (Å²) in [5.74, 6) is 0. The number of hydrogen-bond donors (Lipinski definition) is 1. The Balaban J connectivity index is 2.24. The molecule has 2 heterocycles. The summed E-state index contributed by atoms with van der Waals surface area (Å²) in [6, 6.07) is 0. The van der Waals surface area contributed by atoms with Gasteiger partial charge in [-0.2, -0.15) is 11.8 Å². The van der Waals surface area contributed by atoms with Crippen molar-refractivity contribution in [3.8, 4) is 0 Å². The van der Waals surface area contributed by atoms with Crippen LogP contribution in [0.1, 0.15) is 19.8 Å². The van der Waals surface area contributed by atoms with Gasteiger partial charge in [-0.3, -0.25) is 0 Å². The summed E-state index contributed by atoms with van der Waals surface area (Å²) in [6.07, 6.45) is 3.07. The number of ether oxygens (including phenoxy) is 2. The van der Waals surface area contributed by atoms with E-state index in [1.54, 1.807) is 11.8 Å². The summed E-state index contributed by atoms with van der Waals surface area (Å²) in [5, 5.41) is 9.93. The molecule has 0 aromatic rings. The first kappa shape index (κ1) is 9.77. The average molecular weight is 204 g/mol. The highest BCUT2D eigenvalue weighted by Crippen LogP contribution is 2.46. The number of hydrogen-bond acceptors (Lipinski definition) is 4. The molecule has 4 unspecified atom stereocenters. The van der Waals surface area contributed by atoms with Crippen molar-refractivity contribution in [3.63, 3.8) is 0 Å². The predicted octanol–water partition coefficient (Wildman–Crippen LogP) is 1.00. The number of rotatable bonds is 2. The average Bonchev–Trinajstić information content (AvgIpc) is 2.30. The maximum atomic E-state index is 9.64. The lowest BCUT2D eigenvalue weighted by Gasteiger charge is -2.36. The zero-order valence-electron chi connectivity index (χ0n) is 8.03. The quantitative estimate of drug-likeness (QED) is 0.728. The highest BCUT2D eigenvalue weighted by atomic mass is 32.2. The molecule has 0 aliphatic carbocycles. The summed E-state index contributed by atoms with van der Waals surface area (Å²) in [4.78, 5) is 0. The fourth-order valence-electron chi connectivity index (χ4n) is 2.37. The van der Waals surface area contributed by atoms with Crippen LogP contribution in [0.5, 0.6) is 0 Å². The Morgan fingerprint density at radius 3 is 2.92 bits per heavy atom. The second-order valence-electron chi connectivity index (χ2n) is 3.67. The molecule has 2 fully saturated rings. The molecule has 0 radical (unpaired) electrons. The van der Waals surface area contributed by atoms with Gasteiger partial charge < -0.3 is 14.6 Å². The smallest absolute Gasteiger partial charge is 0.183 e. The summed E-state index contributed by atoms with van der Waals surface area (Å²) in [6.45, 7) is 2.83. The van der Waals surface area contributed by atoms with Crippen LogP contribution in [-0.2, 0) is 9.47 Å². The minimum absolute atomic E-state index is 0.122. The van der Waals surface area contributed by atoms with Gasteiger partial charge in [-0.15, -0.1) is 0 Å². The summed E-state index contributed by atoms with van der Waals surface area (Å²) < 4.78 is 11.2. The fraction of sp³-hybridized carbons (Fsp3) is 1.00.